The molecule has 1 heterocycles. The lowest BCUT2D eigenvalue weighted by molar-refractivity contribution is 0.111. The number of aryl methyl sites for hydroxylation is 1. The second-order valence-corrected chi connectivity index (χ2v) is 3.80. The van der Waals surface area contributed by atoms with Crippen LogP contribution in [0.15, 0.2) is 24.3 Å². The fraction of sp³-hybridized carbons (Fsp3) is 0.0714. The molecule has 0 aliphatic carbocycles. The van der Waals surface area contributed by atoms with Gasteiger partial charge in [0, 0.05) is 18.7 Å². The number of nitrogens with zero attached hydrogens (tertiary/aromatic N) is 2. The molecule has 0 aliphatic heterocycles. The van der Waals surface area contributed by atoms with Gasteiger partial charge in [0.25, 0.3) is 0 Å². The molecule has 1 aromatic heterocycles. The molecule has 0 radical (unpaired) electrons. The van der Waals surface area contributed by atoms with Crippen LogP contribution in [0.5, 0.6) is 5.75 Å². The Morgan fingerprint density at radius 3 is 2.68 bits per heavy atom. The molecule has 0 saturated heterocycles. The third-order valence-corrected chi connectivity index (χ3v) is 2.56. The highest BCUT2D eigenvalue weighted by atomic mass is 16.3. The van der Waals surface area contributed by atoms with Crippen LogP contribution in [0.4, 0.5) is 0 Å². The van der Waals surface area contributed by atoms with E-state index in [9.17, 15) is 14.7 Å². The Morgan fingerprint density at radius 1 is 1.26 bits per heavy atom. The Hall–Kier alpha value is -2.87. The summed E-state index contributed by atoms with van der Waals surface area (Å²) in [4.78, 5) is 21.5. The van der Waals surface area contributed by atoms with Crippen LogP contribution in [0.1, 0.15) is 32.1 Å². The second kappa shape index (κ2) is 5.19. The van der Waals surface area contributed by atoms with Gasteiger partial charge in [-0.05, 0) is 18.1 Å². The minimum absolute atomic E-state index is 0.114. The van der Waals surface area contributed by atoms with E-state index in [2.05, 4.69) is 16.9 Å². The van der Waals surface area contributed by atoms with Crippen molar-refractivity contribution in [3.05, 3.63) is 46.8 Å². The number of hydrogen-bond acceptors (Lipinski definition) is 4. The Morgan fingerprint density at radius 2 is 2.05 bits per heavy atom. The Labute approximate surface area is 109 Å². The molecule has 0 saturated carbocycles. The molecule has 0 atom stereocenters. The highest BCUT2D eigenvalue weighted by Gasteiger charge is 2.05. The minimum Gasteiger partial charge on any atom is -0.507 e. The van der Waals surface area contributed by atoms with Crippen LogP contribution in [0.3, 0.4) is 0 Å². The van der Waals surface area contributed by atoms with E-state index in [0.717, 1.165) is 0 Å². The van der Waals surface area contributed by atoms with Crippen LogP contribution < -0.4 is 0 Å². The number of benzene rings is 1. The highest BCUT2D eigenvalue weighted by molar-refractivity contribution is 5.83. The molecule has 5 heteroatoms. The van der Waals surface area contributed by atoms with Gasteiger partial charge in [0.15, 0.2) is 12.6 Å². The molecular weight excluding hydrogens is 244 g/mol. The lowest BCUT2D eigenvalue weighted by Crippen LogP contribution is -1.95. The lowest BCUT2D eigenvalue weighted by atomic mass is 10.1. The average molecular weight is 254 g/mol. The molecule has 2 rings (SSSR count). The van der Waals surface area contributed by atoms with E-state index in [1.54, 1.807) is 25.2 Å². The maximum Gasteiger partial charge on any atom is 0.168 e. The van der Waals surface area contributed by atoms with Crippen molar-refractivity contribution in [2.45, 2.75) is 0 Å². The first-order valence-electron chi connectivity index (χ1n) is 5.44. The van der Waals surface area contributed by atoms with Crippen molar-refractivity contribution in [3.8, 4) is 17.6 Å². The normalized spacial score (nSPS) is 9.53. The SMILES string of the molecule is Cn1nc(C#Cc2cccc(O)c2C=O)cc1C=O. The first-order chi connectivity index (χ1) is 9.15. The summed E-state index contributed by atoms with van der Waals surface area (Å²) in [7, 11) is 1.64. The van der Waals surface area contributed by atoms with Gasteiger partial charge in [0.2, 0.25) is 0 Å². The van der Waals surface area contributed by atoms with Gasteiger partial charge in [-0.3, -0.25) is 14.3 Å². The molecule has 2 aromatic rings. The fourth-order valence-electron chi connectivity index (χ4n) is 1.57. The van der Waals surface area contributed by atoms with E-state index >= 15 is 0 Å². The topological polar surface area (TPSA) is 72.2 Å². The quantitative estimate of drug-likeness (QED) is 0.644. The molecular formula is C14H10N2O3. The average Bonchev–Trinajstić information content (AvgIpc) is 2.77. The second-order valence-electron chi connectivity index (χ2n) is 3.80. The number of aromatic nitrogens is 2. The summed E-state index contributed by atoms with van der Waals surface area (Å²) >= 11 is 0. The molecule has 0 aliphatic rings. The molecule has 0 bridgehead atoms. The van der Waals surface area contributed by atoms with E-state index in [1.807, 2.05) is 0 Å². The van der Waals surface area contributed by atoms with Crippen molar-refractivity contribution in [1.82, 2.24) is 9.78 Å². The largest absolute Gasteiger partial charge is 0.507 e. The number of rotatable bonds is 2. The van der Waals surface area contributed by atoms with Gasteiger partial charge in [0.05, 0.1) is 5.56 Å². The molecule has 1 aromatic carbocycles. The first kappa shape index (κ1) is 12.6. The van der Waals surface area contributed by atoms with Gasteiger partial charge in [-0.2, -0.15) is 5.10 Å². The maximum atomic E-state index is 10.9. The van der Waals surface area contributed by atoms with Crippen LogP contribution >= 0.6 is 0 Å². The van der Waals surface area contributed by atoms with E-state index in [4.69, 9.17) is 0 Å². The van der Waals surface area contributed by atoms with E-state index < -0.39 is 0 Å². The number of aromatic hydroxyl groups is 1. The molecule has 0 spiro atoms. The molecule has 0 amide bonds. The van der Waals surface area contributed by atoms with E-state index in [1.165, 1.54) is 10.7 Å². The van der Waals surface area contributed by atoms with Crippen molar-refractivity contribution in [2.24, 2.45) is 7.05 Å². The number of aldehydes is 2. The fourth-order valence-corrected chi connectivity index (χ4v) is 1.57. The van der Waals surface area contributed by atoms with Crippen LogP contribution in [-0.2, 0) is 7.05 Å². The summed E-state index contributed by atoms with van der Waals surface area (Å²) in [6.07, 6.45) is 1.23. The zero-order valence-corrected chi connectivity index (χ0v) is 10.1. The summed E-state index contributed by atoms with van der Waals surface area (Å²) < 4.78 is 1.42. The molecule has 94 valence electrons. The van der Waals surface area contributed by atoms with Gasteiger partial charge in [0.1, 0.15) is 17.1 Å². The van der Waals surface area contributed by atoms with E-state index in [-0.39, 0.29) is 11.3 Å². The van der Waals surface area contributed by atoms with Crippen molar-refractivity contribution in [2.75, 3.05) is 0 Å². The van der Waals surface area contributed by atoms with Gasteiger partial charge in [-0.15, -0.1) is 0 Å². The smallest absolute Gasteiger partial charge is 0.168 e. The number of carbonyl (C=O) groups is 2. The van der Waals surface area contributed by atoms with Gasteiger partial charge in [-0.1, -0.05) is 12.0 Å². The van der Waals surface area contributed by atoms with Gasteiger partial charge in [-0.25, -0.2) is 0 Å². The van der Waals surface area contributed by atoms with Crippen LogP contribution in [0.2, 0.25) is 0 Å². The number of phenols is 1. The van der Waals surface area contributed by atoms with Crippen molar-refractivity contribution in [1.29, 1.82) is 0 Å². The first-order valence-corrected chi connectivity index (χ1v) is 5.44. The predicted octanol–water partition coefficient (Wildman–Crippen LogP) is 1.15. The minimum atomic E-state index is -0.114. The number of phenolic OH excluding ortho intramolecular Hbond substituents is 1. The van der Waals surface area contributed by atoms with Crippen LogP contribution in [0, 0.1) is 11.8 Å². The zero-order chi connectivity index (χ0) is 13.8. The zero-order valence-electron chi connectivity index (χ0n) is 10.1. The Bertz CT molecular complexity index is 705. The summed E-state index contributed by atoms with van der Waals surface area (Å²) in [5, 5.41) is 13.5. The summed E-state index contributed by atoms with van der Waals surface area (Å²) in [5.74, 6) is 5.39. The number of carbonyl (C=O) groups excluding carboxylic acids is 2. The highest BCUT2D eigenvalue weighted by Crippen LogP contribution is 2.17. The summed E-state index contributed by atoms with van der Waals surface area (Å²) in [5.41, 5.74) is 1.38. The van der Waals surface area contributed by atoms with E-state index in [0.29, 0.717) is 29.5 Å². The van der Waals surface area contributed by atoms with Gasteiger partial charge >= 0.3 is 0 Å². The van der Waals surface area contributed by atoms with Crippen LogP contribution in [-0.4, -0.2) is 27.5 Å². The third kappa shape index (κ3) is 2.53. The molecule has 19 heavy (non-hydrogen) atoms. The third-order valence-electron chi connectivity index (χ3n) is 2.56. The molecule has 0 unspecified atom stereocenters. The van der Waals surface area contributed by atoms with Crippen molar-refractivity contribution >= 4 is 12.6 Å². The van der Waals surface area contributed by atoms with Crippen molar-refractivity contribution < 1.29 is 14.7 Å². The predicted molar refractivity (Wildman–Crippen MR) is 68.1 cm³/mol. The summed E-state index contributed by atoms with van der Waals surface area (Å²) in [6, 6.07) is 6.19. The van der Waals surface area contributed by atoms with Gasteiger partial charge < -0.3 is 5.11 Å². The maximum absolute atomic E-state index is 10.9. The molecule has 0 fully saturated rings. The Kier molecular flexibility index (Phi) is 3.44. The number of hydrogen-bond donors (Lipinski definition) is 1. The monoisotopic (exact) mass is 254 g/mol. The lowest BCUT2D eigenvalue weighted by Gasteiger charge is -1.98. The Balaban J connectivity index is 2.41. The van der Waals surface area contributed by atoms with Crippen molar-refractivity contribution in [3.63, 3.8) is 0 Å². The molecule has 5 nitrogen and oxygen atoms in total. The van der Waals surface area contributed by atoms with Crippen LogP contribution in [0.25, 0.3) is 0 Å². The molecule has 1 N–H and O–H groups in total. The standard InChI is InChI=1S/C14H10N2O3/c1-16-12(8-17)7-11(15-16)6-5-10-3-2-4-14(19)13(10)9-18/h2-4,7-9,19H,1H3. The summed E-state index contributed by atoms with van der Waals surface area (Å²) in [6.45, 7) is 0.